The number of benzene rings is 1. The molecule has 0 fully saturated rings. The fourth-order valence-electron chi connectivity index (χ4n) is 2.29. The van der Waals surface area contributed by atoms with Gasteiger partial charge < -0.3 is 5.73 Å². The van der Waals surface area contributed by atoms with Crippen LogP contribution in [0, 0.1) is 0 Å². The molecule has 2 aromatic rings. The summed E-state index contributed by atoms with van der Waals surface area (Å²) in [5, 5.41) is 0. The minimum atomic E-state index is -3.34. The van der Waals surface area contributed by atoms with Gasteiger partial charge in [0.2, 0.25) is 21.8 Å². The zero-order valence-corrected chi connectivity index (χ0v) is 13.6. The fourth-order valence-corrected chi connectivity index (χ4v) is 2.84. The summed E-state index contributed by atoms with van der Waals surface area (Å²) in [7, 11) is -3.34. The number of hydrogen-bond acceptors (Lipinski definition) is 8. The third-order valence-electron chi connectivity index (χ3n) is 3.34. The molecule has 9 nitrogen and oxygen atoms in total. The number of hydrogen-bond donors (Lipinski definition) is 5. The number of nitrogens with one attached hydrogen (secondary N) is 3. The first kappa shape index (κ1) is 16.2. The van der Waals surface area contributed by atoms with E-state index < -0.39 is 15.8 Å². The molecule has 1 atom stereocenters. The molecule has 0 bridgehead atoms. The van der Waals surface area contributed by atoms with Crippen molar-refractivity contribution in [2.24, 2.45) is 16.5 Å². The lowest BCUT2D eigenvalue weighted by molar-refractivity contribution is 0.374. The number of anilines is 1. The van der Waals surface area contributed by atoms with Crippen LogP contribution in [-0.2, 0) is 15.8 Å². The van der Waals surface area contributed by atoms with Crippen molar-refractivity contribution in [3.8, 4) is 11.3 Å². The van der Waals surface area contributed by atoms with Crippen LogP contribution in [0.5, 0.6) is 0 Å². The van der Waals surface area contributed by atoms with E-state index in [9.17, 15) is 8.42 Å². The number of pyridine rings is 1. The fraction of sp³-hybridized carbons (Fsp3) is 0.143. The summed E-state index contributed by atoms with van der Waals surface area (Å²) in [5.74, 6) is -0.976. The molecule has 0 spiro atoms. The highest BCUT2D eigenvalue weighted by Crippen LogP contribution is 2.24. The Kier molecular flexibility index (Phi) is 3.87. The van der Waals surface area contributed by atoms with Gasteiger partial charge in [0.25, 0.3) is 0 Å². The second-order valence-electron chi connectivity index (χ2n) is 5.40. The number of aliphatic imine (C=N–C) groups is 1. The third kappa shape index (κ3) is 3.45. The first-order valence-electron chi connectivity index (χ1n) is 6.97. The number of nitrogens with two attached hydrogens (primary N) is 2. The van der Waals surface area contributed by atoms with Crippen LogP contribution < -0.4 is 27.0 Å². The molecule has 24 heavy (non-hydrogen) atoms. The lowest BCUT2D eigenvalue weighted by atomic mass is 10.1. The normalized spacial score (nSPS) is 20.3. The molecule has 7 N–H and O–H groups in total. The van der Waals surface area contributed by atoms with Gasteiger partial charge in [-0.15, -0.1) is 0 Å². The van der Waals surface area contributed by atoms with Gasteiger partial charge in [0.1, 0.15) is 0 Å². The molecule has 0 aliphatic carbocycles. The summed E-state index contributed by atoms with van der Waals surface area (Å²) in [5.41, 5.74) is 19.6. The van der Waals surface area contributed by atoms with E-state index >= 15 is 0 Å². The Balaban J connectivity index is 1.88. The largest absolute Gasteiger partial charge is 0.369 e. The minimum absolute atomic E-state index is 0.195. The van der Waals surface area contributed by atoms with Gasteiger partial charge in [-0.1, -0.05) is 18.2 Å². The summed E-state index contributed by atoms with van der Waals surface area (Å²) in [4.78, 5) is 8.45. The lowest BCUT2D eigenvalue weighted by Crippen LogP contribution is -2.50. The first-order chi connectivity index (χ1) is 11.3. The van der Waals surface area contributed by atoms with E-state index in [1.54, 1.807) is 36.5 Å². The predicted molar refractivity (Wildman–Crippen MR) is 91.9 cm³/mol. The van der Waals surface area contributed by atoms with Gasteiger partial charge in [0.15, 0.2) is 0 Å². The Morgan fingerprint density at radius 1 is 1.25 bits per heavy atom. The van der Waals surface area contributed by atoms with Crippen molar-refractivity contribution in [1.82, 2.24) is 15.8 Å². The molecule has 1 aliphatic heterocycles. The van der Waals surface area contributed by atoms with Crippen molar-refractivity contribution in [2.45, 2.75) is 5.79 Å². The van der Waals surface area contributed by atoms with Crippen LogP contribution in [0.15, 0.2) is 47.6 Å². The maximum absolute atomic E-state index is 11.3. The van der Waals surface area contributed by atoms with Crippen LogP contribution in [0.4, 0.5) is 5.69 Å². The van der Waals surface area contributed by atoms with Crippen molar-refractivity contribution in [2.75, 3.05) is 11.0 Å². The van der Waals surface area contributed by atoms with Crippen molar-refractivity contribution in [3.05, 3.63) is 48.2 Å². The average molecular weight is 347 g/mol. The predicted octanol–water partition coefficient (Wildman–Crippen LogP) is -0.388. The SMILES string of the molecule is CS(=O)(=O)Nc1cccc(-c2ccc(C3(N)N=C(N)NN3)cn2)c1. The highest BCUT2D eigenvalue weighted by Gasteiger charge is 2.31. The second kappa shape index (κ2) is 5.74. The van der Waals surface area contributed by atoms with E-state index in [2.05, 4.69) is 25.6 Å². The Hall–Kier alpha value is -2.69. The number of nitrogens with zero attached hydrogens (tertiary/aromatic N) is 2. The quantitative estimate of drug-likeness (QED) is 0.506. The smallest absolute Gasteiger partial charge is 0.229 e. The Bertz CT molecular complexity index is 896. The van der Waals surface area contributed by atoms with Gasteiger partial charge in [-0.25, -0.2) is 13.4 Å². The summed E-state index contributed by atoms with van der Waals surface area (Å²) in [6, 6.07) is 10.5. The number of hydrazine groups is 1. The maximum Gasteiger partial charge on any atom is 0.229 e. The molecule has 1 aromatic heterocycles. The van der Waals surface area contributed by atoms with E-state index in [0.29, 0.717) is 16.9 Å². The second-order valence-corrected chi connectivity index (χ2v) is 7.15. The molecule has 0 radical (unpaired) electrons. The molecule has 126 valence electrons. The van der Waals surface area contributed by atoms with Crippen molar-refractivity contribution in [1.29, 1.82) is 0 Å². The summed E-state index contributed by atoms with van der Waals surface area (Å²) in [6.07, 6.45) is 2.69. The first-order valence-corrected chi connectivity index (χ1v) is 8.86. The Morgan fingerprint density at radius 2 is 2.04 bits per heavy atom. The van der Waals surface area contributed by atoms with E-state index in [-0.39, 0.29) is 5.96 Å². The molecule has 1 unspecified atom stereocenters. The van der Waals surface area contributed by atoms with Gasteiger partial charge in [-0.3, -0.25) is 20.9 Å². The van der Waals surface area contributed by atoms with Gasteiger partial charge in [-0.2, -0.15) is 5.43 Å². The summed E-state index contributed by atoms with van der Waals surface area (Å²) in [6.45, 7) is 0. The maximum atomic E-state index is 11.3. The molecule has 0 saturated carbocycles. The van der Waals surface area contributed by atoms with Crippen LogP contribution in [-0.4, -0.2) is 25.6 Å². The van der Waals surface area contributed by atoms with Gasteiger partial charge >= 0.3 is 0 Å². The standard InChI is InChI=1S/C14H17N7O2S/c1-24(22,23)20-11-4-2-3-9(7-11)12-6-5-10(8-17-12)14(16)18-13(15)19-21-14/h2-8,20-21H,16H2,1H3,(H3,15,18,19). The lowest BCUT2D eigenvalue weighted by Gasteiger charge is -2.20. The van der Waals surface area contributed by atoms with Crippen LogP contribution in [0.2, 0.25) is 0 Å². The monoisotopic (exact) mass is 347 g/mol. The van der Waals surface area contributed by atoms with Crippen LogP contribution in [0.25, 0.3) is 11.3 Å². The Labute approximate surface area is 139 Å². The summed E-state index contributed by atoms with van der Waals surface area (Å²) >= 11 is 0. The molecular weight excluding hydrogens is 330 g/mol. The number of rotatable bonds is 4. The molecular formula is C14H17N7O2S. The van der Waals surface area contributed by atoms with E-state index in [1.165, 1.54) is 0 Å². The molecule has 0 amide bonds. The average Bonchev–Trinajstić information content (AvgIpc) is 2.87. The topological polar surface area (TPSA) is 148 Å². The van der Waals surface area contributed by atoms with Gasteiger partial charge in [0.05, 0.1) is 11.9 Å². The molecule has 2 heterocycles. The van der Waals surface area contributed by atoms with Crippen molar-refractivity contribution in [3.63, 3.8) is 0 Å². The zero-order chi connectivity index (χ0) is 17.4. The Morgan fingerprint density at radius 3 is 2.62 bits per heavy atom. The molecule has 10 heteroatoms. The minimum Gasteiger partial charge on any atom is -0.369 e. The number of guanidine groups is 1. The molecule has 0 saturated heterocycles. The van der Waals surface area contributed by atoms with E-state index in [4.69, 9.17) is 11.5 Å². The van der Waals surface area contributed by atoms with Crippen molar-refractivity contribution < 1.29 is 8.42 Å². The van der Waals surface area contributed by atoms with E-state index in [0.717, 1.165) is 11.8 Å². The zero-order valence-electron chi connectivity index (χ0n) is 12.8. The van der Waals surface area contributed by atoms with Crippen molar-refractivity contribution >= 4 is 21.7 Å². The summed E-state index contributed by atoms with van der Waals surface area (Å²) < 4.78 is 25.1. The molecule has 1 aromatic carbocycles. The van der Waals surface area contributed by atoms with Gasteiger partial charge in [-0.05, 0) is 18.2 Å². The number of aromatic nitrogens is 1. The van der Waals surface area contributed by atoms with Crippen LogP contribution in [0.3, 0.4) is 0 Å². The van der Waals surface area contributed by atoms with Crippen LogP contribution in [0.1, 0.15) is 5.56 Å². The van der Waals surface area contributed by atoms with Gasteiger partial charge in [0, 0.05) is 23.0 Å². The van der Waals surface area contributed by atoms with E-state index in [1.807, 2.05) is 6.07 Å². The highest BCUT2D eigenvalue weighted by molar-refractivity contribution is 7.92. The number of sulfonamides is 1. The van der Waals surface area contributed by atoms with Crippen LogP contribution >= 0.6 is 0 Å². The molecule has 1 aliphatic rings. The third-order valence-corrected chi connectivity index (χ3v) is 3.95. The molecule has 3 rings (SSSR count). The highest BCUT2D eigenvalue weighted by atomic mass is 32.2.